The zero-order valence-corrected chi connectivity index (χ0v) is 13.2. The van der Waals surface area contributed by atoms with E-state index >= 15 is 0 Å². The molecule has 4 nitrogen and oxygen atoms in total. The largest absolute Gasteiger partial charge is 0.495 e. The molecule has 0 amide bonds. The Morgan fingerprint density at radius 2 is 2.10 bits per heavy atom. The summed E-state index contributed by atoms with van der Waals surface area (Å²) in [6.07, 6.45) is 1.33. The highest BCUT2D eigenvalue weighted by Crippen LogP contribution is 2.42. The number of benzene rings is 1. The van der Waals surface area contributed by atoms with Crippen LogP contribution < -0.4 is 14.8 Å². The molecule has 20 heavy (non-hydrogen) atoms. The van der Waals surface area contributed by atoms with Gasteiger partial charge in [-0.3, -0.25) is 0 Å². The Morgan fingerprint density at radius 3 is 2.60 bits per heavy atom. The molecule has 2 rings (SSSR count). The third-order valence-electron chi connectivity index (χ3n) is 3.86. The first-order chi connectivity index (χ1) is 9.62. The highest BCUT2D eigenvalue weighted by molar-refractivity contribution is 6.33. The van der Waals surface area contributed by atoms with Crippen molar-refractivity contribution >= 4 is 11.6 Å². The molecule has 1 aliphatic heterocycles. The van der Waals surface area contributed by atoms with Gasteiger partial charge >= 0.3 is 0 Å². The maximum Gasteiger partial charge on any atom is 0.146 e. The van der Waals surface area contributed by atoms with Crippen molar-refractivity contribution in [3.63, 3.8) is 0 Å². The van der Waals surface area contributed by atoms with Crippen molar-refractivity contribution < 1.29 is 14.2 Å². The Labute approximate surface area is 125 Å². The highest BCUT2D eigenvalue weighted by Gasteiger charge is 2.32. The molecular formula is C15H22ClNO3. The van der Waals surface area contributed by atoms with Crippen LogP contribution in [0.2, 0.25) is 5.02 Å². The lowest BCUT2D eigenvalue weighted by atomic mass is 9.90. The molecule has 0 bridgehead atoms. The summed E-state index contributed by atoms with van der Waals surface area (Å²) in [6, 6.07) is 4.04. The number of hydrogen-bond acceptors (Lipinski definition) is 4. The van der Waals surface area contributed by atoms with E-state index in [1.54, 1.807) is 14.2 Å². The normalized spacial score (nSPS) is 23.6. The molecule has 3 atom stereocenters. The van der Waals surface area contributed by atoms with Gasteiger partial charge in [-0.05, 0) is 32.5 Å². The highest BCUT2D eigenvalue weighted by atomic mass is 35.5. The molecule has 0 aliphatic carbocycles. The van der Waals surface area contributed by atoms with Gasteiger partial charge in [-0.1, -0.05) is 11.6 Å². The summed E-state index contributed by atoms with van der Waals surface area (Å²) in [7, 11) is 5.18. The van der Waals surface area contributed by atoms with Gasteiger partial charge in [0.05, 0.1) is 26.9 Å². The van der Waals surface area contributed by atoms with Crippen LogP contribution in [0, 0.1) is 5.92 Å². The Morgan fingerprint density at radius 1 is 1.35 bits per heavy atom. The molecule has 5 heteroatoms. The summed E-state index contributed by atoms with van der Waals surface area (Å²) in [5.41, 5.74) is 1.04. The number of rotatable bonds is 5. The van der Waals surface area contributed by atoms with Crippen LogP contribution in [-0.4, -0.2) is 34.0 Å². The molecule has 0 spiro atoms. The molecule has 1 aromatic carbocycles. The fourth-order valence-electron chi connectivity index (χ4n) is 2.89. The lowest BCUT2D eigenvalue weighted by molar-refractivity contribution is 0.117. The Balaban J connectivity index is 2.36. The first-order valence-corrected chi connectivity index (χ1v) is 7.19. The summed E-state index contributed by atoms with van der Waals surface area (Å²) in [5.74, 6) is 1.71. The summed E-state index contributed by atoms with van der Waals surface area (Å²) in [4.78, 5) is 0. The second-order valence-corrected chi connectivity index (χ2v) is 5.49. The predicted octanol–water partition coefficient (Wildman–Crippen LogP) is 3.04. The Kier molecular flexibility index (Phi) is 5.13. The minimum absolute atomic E-state index is 0.151. The fraction of sp³-hybridized carbons (Fsp3) is 0.600. The summed E-state index contributed by atoms with van der Waals surface area (Å²) < 4.78 is 16.4. The predicted molar refractivity (Wildman–Crippen MR) is 79.9 cm³/mol. The quantitative estimate of drug-likeness (QED) is 0.907. The van der Waals surface area contributed by atoms with E-state index in [2.05, 4.69) is 12.2 Å². The van der Waals surface area contributed by atoms with Crippen molar-refractivity contribution in [2.45, 2.75) is 25.5 Å². The van der Waals surface area contributed by atoms with Gasteiger partial charge < -0.3 is 19.5 Å². The van der Waals surface area contributed by atoms with E-state index in [-0.39, 0.29) is 6.04 Å². The average Bonchev–Trinajstić information content (AvgIpc) is 2.86. The second-order valence-electron chi connectivity index (χ2n) is 5.11. The van der Waals surface area contributed by atoms with Crippen LogP contribution in [0.5, 0.6) is 11.5 Å². The first-order valence-electron chi connectivity index (χ1n) is 6.81. The van der Waals surface area contributed by atoms with Crippen LogP contribution in [0.1, 0.15) is 24.9 Å². The third kappa shape index (κ3) is 2.87. The SMILES string of the molecule is CNC(c1ccc(OC)c(Cl)c1OC)C1COC(C)C1. The van der Waals surface area contributed by atoms with Crippen molar-refractivity contribution in [2.75, 3.05) is 27.9 Å². The van der Waals surface area contributed by atoms with Crippen molar-refractivity contribution in [3.8, 4) is 11.5 Å². The Bertz CT molecular complexity index is 467. The van der Waals surface area contributed by atoms with E-state index in [1.165, 1.54) is 0 Å². The lowest BCUT2D eigenvalue weighted by Crippen LogP contribution is -2.26. The number of nitrogens with one attached hydrogen (secondary N) is 1. The topological polar surface area (TPSA) is 39.7 Å². The molecule has 112 valence electrons. The lowest BCUT2D eigenvalue weighted by Gasteiger charge is -2.25. The smallest absolute Gasteiger partial charge is 0.146 e. The van der Waals surface area contributed by atoms with Crippen molar-refractivity contribution in [1.29, 1.82) is 0 Å². The average molecular weight is 300 g/mol. The van der Waals surface area contributed by atoms with E-state index in [9.17, 15) is 0 Å². The molecule has 0 radical (unpaired) electrons. The zero-order chi connectivity index (χ0) is 14.7. The summed E-state index contributed by atoms with van der Waals surface area (Å²) >= 11 is 6.34. The molecule has 1 aromatic rings. The molecule has 0 saturated carbocycles. The number of halogens is 1. The van der Waals surface area contributed by atoms with Gasteiger partial charge in [-0.15, -0.1) is 0 Å². The van der Waals surface area contributed by atoms with Crippen LogP contribution in [0.3, 0.4) is 0 Å². The molecule has 1 aliphatic rings. The maximum atomic E-state index is 6.34. The number of methoxy groups -OCH3 is 2. The molecule has 3 unspecified atom stereocenters. The van der Waals surface area contributed by atoms with Crippen LogP contribution in [0.25, 0.3) is 0 Å². The van der Waals surface area contributed by atoms with E-state index in [1.807, 2.05) is 19.2 Å². The van der Waals surface area contributed by atoms with E-state index < -0.39 is 0 Å². The molecular weight excluding hydrogens is 278 g/mol. The summed E-state index contributed by atoms with van der Waals surface area (Å²) in [5, 5.41) is 3.87. The van der Waals surface area contributed by atoms with Gasteiger partial charge in [-0.25, -0.2) is 0 Å². The Hall–Kier alpha value is -0.970. The van der Waals surface area contributed by atoms with Crippen LogP contribution in [0.15, 0.2) is 12.1 Å². The molecule has 1 fully saturated rings. The second kappa shape index (κ2) is 6.66. The molecule has 1 N–H and O–H groups in total. The standard InChI is InChI=1S/C15H22ClNO3/c1-9-7-10(8-20-9)14(17-2)11-5-6-12(18-3)13(16)15(11)19-4/h5-6,9-10,14,17H,7-8H2,1-4H3. The minimum Gasteiger partial charge on any atom is -0.495 e. The third-order valence-corrected chi connectivity index (χ3v) is 4.22. The fourth-order valence-corrected chi connectivity index (χ4v) is 3.22. The van der Waals surface area contributed by atoms with Gasteiger partial charge in [0.25, 0.3) is 0 Å². The number of ether oxygens (including phenoxy) is 3. The molecule has 1 heterocycles. The van der Waals surface area contributed by atoms with E-state index in [0.29, 0.717) is 28.5 Å². The van der Waals surface area contributed by atoms with E-state index in [4.69, 9.17) is 25.8 Å². The van der Waals surface area contributed by atoms with Crippen LogP contribution in [0.4, 0.5) is 0 Å². The van der Waals surface area contributed by atoms with Crippen molar-refractivity contribution in [3.05, 3.63) is 22.7 Å². The van der Waals surface area contributed by atoms with Crippen molar-refractivity contribution in [2.24, 2.45) is 5.92 Å². The monoisotopic (exact) mass is 299 g/mol. The molecule has 0 aromatic heterocycles. The van der Waals surface area contributed by atoms with Gasteiger partial charge in [-0.2, -0.15) is 0 Å². The van der Waals surface area contributed by atoms with Gasteiger partial charge in [0, 0.05) is 17.5 Å². The van der Waals surface area contributed by atoms with Crippen molar-refractivity contribution in [1.82, 2.24) is 5.32 Å². The van der Waals surface area contributed by atoms with Crippen LogP contribution in [-0.2, 0) is 4.74 Å². The number of hydrogen-bond donors (Lipinski definition) is 1. The maximum absolute atomic E-state index is 6.34. The molecule has 1 saturated heterocycles. The van der Waals surface area contributed by atoms with Gasteiger partial charge in [0.1, 0.15) is 16.5 Å². The zero-order valence-electron chi connectivity index (χ0n) is 12.4. The first kappa shape index (κ1) is 15.4. The van der Waals surface area contributed by atoms with Gasteiger partial charge in [0.2, 0.25) is 0 Å². The van der Waals surface area contributed by atoms with E-state index in [0.717, 1.165) is 18.6 Å². The van der Waals surface area contributed by atoms with Gasteiger partial charge in [0.15, 0.2) is 0 Å². The minimum atomic E-state index is 0.151. The summed E-state index contributed by atoms with van der Waals surface area (Å²) in [6.45, 7) is 2.85. The van der Waals surface area contributed by atoms with Crippen LogP contribution >= 0.6 is 11.6 Å².